The maximum absolute atomic E-state index is 14.9. The van der Waals surface area contributed by atoms with Gasteiger partial charge in [-0.2, -0.15) is 39.5 Å². The van der Waals surface area contributed by atoms with E-state index in [2.05, 4.69) is 0 Å². The van der Waals surface area contributed by atoms with E-state index < -0.39 is 117 Å². The quantitative estimate of drug-likeness (QED) is 0.252. The molecule has 44 heavy (non-hydrogen) atoms. The summed E-state index contributed by atoms with van der Waals surface area (Å²) in [5.41, 5.74) is -11.2. The molecule has 1 saturated carbocycles. The average molecular weight is 664 g/mol. The van der Waals surface area contributed by atoms with Gasteiger partial charge in [0.15, 0.2) is 9.84 Å². The van der Waals surface area contributed by atoms with E-state index in [0.29, 0.717) is 6.07 Å². The molecule has 0 N–H and O–H groups in total. The summed E-state index contributed by atoms with van der Waals surface area (Å²) in [5, 5.41) is 0. The van der Waals surface area contributed by atoms with Gasteiger partial charge < -0.3 is 4.90 Å². The molecule has 3 aliphatic rings. The van der Waals surface area contributed by atoms with E-state index in [1.54, 1.807) is 0 Å². The average Bonchev–Trinajstić information content (AvgIpc) is 3.58. The third-order valence-corrected chi connectivity index (χ3v) is 11.9. The number of halogens is 11. The predicted molar refractivity (Wildman–Crippen MR) is 132 cm³/mol. The lowest BCUT2D eigenvalue weighted by molar-refractivity contribution is -0.348. The normalized spacial score (nSPS) is 24.2. The minimum atomic E-state index is -6.45. The van der Waals surface area contributed by atoms with E-state index in [4.69, 9.17) is 0 Å². The van der Waals surface area contributed by atoms with E-state index >= 15 is 0 Å². The van der Waals surface area contributed by atoms with Gasteiger partial charge in [-0.3, -0.25) is 4.79 Å². The van der Waals surface area contributed by atoms with Crippen LogP contribution < -0.4 is 0 Å². The second-order valence-electron chi connectivity index (χ2n) is 11.5. The predicted octanol–water partition coefficient (Wildman–Crippen LogP) is 7.45. The van der Waals surface area contributed by atoms with E-state index in [1.165, 1.54) is 0 Å². The Morgan fingerprint density at radius 3 is 1.91 bits per heavy atom. The van der Waals surface area contributed by atoms with Crippen LogP contribution in [0.25, 0.3) is 0 Å². The fourth-order valence-corrected chi connectivity index (χ4v) is 9.54. The molecule has 0 bridgehead atoms. The van der Waals surface area contributed by atoms with Crippen LogP contribution in [-0.2, 0) is 31.5 Å². The van der Waals surface area contributed by atoms with Crippen LogP contribution in [0.3, 0.4) is 0 Å². The van der Waals surface area contributed by atoms with Crippen LogP contribution in [0.5, 0.6) is 0 Å². The second-order valence-corrected chi connectivity index (χ2v) is 13.7. The van der Waals surface area contributed by atoms with Crippen molar-refractivity contribution in [1.29, 1.82) is 0 Å². The Bertz CT molecular complexity index is 1550. The van der Waals surface area contributed by atoms with Crippen LogP contribution in [0.15, 0.2) is 47.4 Å². The largest absolute Gasteiger partial charge is 0.435 e. The monoisotopic (exact) mass is 663 g/mol. The molecule has 0 aromatic heterocycles. The standard InChI is InChI=1S/C28H24F11NO3S/c29-18-5-7-19(8-6-18)44(42,43)24-13-14-40(22(41)23(26(31,32)33)11-1-2-12-23)21(24)10-3-16-15-17(4-9-20(16)24)25(30,27(34,35)36)28(37,38)39/h4-9,15,21H,1-3,10-14H2/t21-,24-/m1/s1. The molecule has 1 aliphatic heterocycles. The smallest absolute Gasteiger partial charge is 0.337 e. The summed E-state index contributed by atoms with van der Waals surface area (Å²) < 4.78 is 179. The van der Waals surface area contributed by atoms with Crippen LogP contribution in [0.4, 0.5) is 48.3 Å². The number of aryl methyl sites for hydroxylation is 1. The number of benzene rings is 2. The number of alkyl halides is 10. The Kier molecular flexibility index (Phi) is 7.42. The first kappa shape index (κ1) is 32.5. The zero-order valence-electron chi connectivity index (χ0n) is 22.5. The third-order valence-electron chi connectivity index (χ3n) is 9.34. The lowest BCUT2D eigenvalue weighted by Crippen LogP contribution is -2.57. The lowest BCUT2D eigenvalue weighted by atomic mass is 9.76. The molecule has 0 spiro atoms. The number of fused-ring (bicyclic) bond motifs is 3. The number of sulfone groups is 1. The summed E-state index contributed by atoms with van der Waals surface area (Å²) in [4.78, 5) is 14.0. The van der Waals surface area contributed by atoms with Crippen molar-refractivity contribution >= 4 is 15.7 Å². The van der Waals surface area contributed by atoms with E-state index in [0.717, 1.165) is 29.2 Å². The van der Waals surface area contributed by atoms with Crippen molar-refractivity contribution in [2.75, 3.05) is 6.54 Å². The molecular weight excluding hydrogens is 639 g/mol. The number of hydrogen-bond donors (Lipinski definition) is 0. The Balaban J connectivity index is 1.71. The van der Waals surface area contributed by atoms with E-state index in [9.17, 15) is 61.5 Å². The van der Waals surface area contributed by atoms with Gasteiger partial charge in [-0.1, -0.05) is 31.0 Å². The molecule has 2 aromatic carbocycles. The van der Waals surface area contributed by atoms with Crippen LogP contribution in [0.2, 0.25) is 0 Å². The third kappa shape index (κ3) is 4.36. The molecule has 1 amide bonds. The Hall–Kier alpha value is -2.91. The summed E-state index contributed by atoms with van der Waals surface area (Å²) in [7, 11) is -4.82. The molecule has 2 aromatic rings. The maximum Gasteiger partial charge on any atom is 0.435 e. The molecule has 1 heterocycles. The van der Waals surface area contributed by atoms with Crippen molar-refractivity contribution in [3.63, 3.8) is 0 Å². The van der Waals surface area contributed by atoms with Gasteiger partial charge in [0.1, 0.15) is 16.0 Å². The van der Waals surface area contributed by atoms with Crippen molar-refractivity contribution in [2.45, 2.75) is 84.8 Å². The number of amides is 1. The molecule has 2 atom stereocenters. The summed E-state index contributed by atoms with van der Waals surface area (Å²) in [6.07, 6.45) is -20.3. The number of nitrogens with zero attached hydrogens (tertiary/aromatic N) is 1. The van der Waals surface area contributed by atoms with Gasteiger partial charge in [-0.15, -0.1) is 0 Å². The first-order valence-corrected chi connectivity index (χ1v) is 15.0. The number of rotatable bonds is 4. The summed E-state index contributed by atoms with van der Waals surface area (Å²) in [5.74, 6) is -2.21. The Morgan fingerprint density at radius 2 is 1.39 bits per heavy atom. The van der Waals surface area contributed by atoms with Gasteiger partial charge in [0.05, 0.1) is 10.9 Å². The molecule has 2 aliphatic carbocycles. The molecular formula is C28H24F11NO3S. The van der Waals surface area contributed by atoms with Crippen LogP contribution >= 0.6 is 0 Å². The molecule has 16 heteroatoms. The topological polar surface area (TPSA) is 54.5 Å². The second kappa shape index (κ2) is 10.0. The fraction of sp³-hybridized carbons (Fsp3) is 0.536. The van der Waals surface area contributed by atoms with E-state index in [-0.39, 0.29) is 30.5 Å². The molecule has 4 nitrogen and oxygen atoms in total. The molecule has 5 rings (SSSR count). The highest BCUT2D eigenvalue weighted by Gasteiger charge is 2.74. The van der Waals surface area contributed by atoms with Crippen molar-refractivity contribution in [2.24, 2.45) is 5.41 Å². The van der Waals surface area contributed by atoms with Crippen LogP contribution in [-0.4, -0.2) is 50.3 Å². The van der Waals surface area contributed by atoms with Gasteiger partial charge in [-0.25, -0.2) is 17.2 Å². The minimum absolute atomic E-state index is 0.0811. The van der Waals surface area contributed by atoms with Gasteiger partial charge in [0.25, 0.3) is 0 Å². The van der Waals surface area contributed by atoms with Gasteiger partial charge in [-0.05, 0) is 67.5 Å². The summed E-state index contributed by atoms with van der Waals surface area (Å²) in [6, 6.07) is 2.80. The zero-order valence-corrected chi connectivity index (χ0v) is 23.3. The van der Waals surface area contributed by atoms with Crippen molar-refractivity contribution < 1.29 is 61.5 Å². The van der Waals surface area contributed by atoms with Crippen molar-refractivity contribution in [3.8, 4) is 0 Å². The van der Waals surface area contributed by atoms with Crippen LogP contribution in [0, 0.1) is 11.2 Å². The number of carbonyl (C=O) groups excluding carboxylic acids is 1. The number of likely N-dealkylation sites (tertiary alicyclic amines) is 1. The highest BCUT2D eigenvalue weighted by molar-refractivity contribution is 7.92. The Morgan fingerprint density at radius 1 is 0.818 bits per heavy atom. The molecule has 0 unspecified atom stereocenters. The summed E-state index contributed by atoms with van der Waals surface area (Å²) in [6.45, 7) is -0.527. The highest BCUT2D eigenvalue weighted by Crippen LogP contribution is 2.59. The number of hydrogen-bond acceptors (Lipinski definition) is 3. The first-order chi connectivity index (χ1) is 20.1. The Labute approximate surface area is 244 Å². The minimum Gasteiger partial charge on any atom is -0.337 e. The van der Waals surface area contributed by atoms with Crippen molar-refractivity contribution in [1.82, 2.24) is 4.90 Å². The molecule has 1 saturated heterocycles. The molecule has 2 fully saturated rings. The fourth-order valence-electron chi connectivity index (χ4n) is 7.17. The lowest BCUT2D eigenvalue weighted by Gasteiger charge is -2.45. The first-order valence-electron chi connectivity index (χ1n) is 13.5. The van der Waals surface area contributed by atoms with Crippen LogP contribution in [0.1, 0.15) is 55.2 Å². The molecule has 242 valence electrons. The SMILES string of the molecule is O=C(N1CC[C@@]2(S(=O)(=O)c3ccc(F)cc3)c3ccc(C(F)(C(F)(F)F)C(F)(F)F)cc3CC[C@@H]12)C1(C(F)(F)F)CCCC1. The zero-order chi connectivity index (χ0) is 32.7. The van der Waals surface area contributed by atoms with Gasteiger partial charge in [0.2, 0.25) is 5.91 Å². The van der Waals surface area contributed by atoms with E-state index in [1.807, 2.05) is 0 Å². The maximum atomic E-state index is 14.9. The summed E-state index contributed by atoms with van der Waals surface area (Å²) >= 11 is 0. The number of carbonyl (C=O) groups is 1. The van der Waals surface area contributed by atoms with Gasteiger partial charge in [0, 0.05) is 12.1 Å². The molecule has 0 radical (unpaired) electrons. The highest BCUT2D eigenvalue weighted by atomic mass is 32.2. The van der Waals surface area contributed by atoms with Crippen molar-refractivity contribution in [3.05, 3.63) is 65.0 Å². The van der Waals surface area contributed by atoms with Gasteiger partial charge >= 0.3 is 24.2 Å².